The van der Waals surface area contributed by atoms with Crippen molar-refractivity contribution >= 4 is 33.1 Å². The van der Waals surface area contributed by atoms with E-state index in [0.29, 0.717) is 5.13 Å². The summed E-state index contributed by atoms with van der Waals surface area (Å²) < 4.78 is 2.13. The molecule has 0 bridgehead atoms. The van der Waals surface area contributed by atoms with Crippen molar-refractivity contribution < 1.29 is 0 Å². The Hall–Kier alpha value is -2.08. The molecule has 0 aliphatic carbocycles. The lowest BCUT2D eigenvalue weighted by Gasteiger charge is -1.96. The van der Waals surface area contributed by atoms with Crippen LogP contribution in [-0.4, -0.2) is 14.8 Å². The van der Waals surface area contributed by atoms with Crippen LogP contribution in [0.15, 0.2) is 34.5 Å². The number of nitrogens with zero attached hydrogens (tertiary/aromatic N) is 5. The molecule has 0 aliphatic heterocycles. The monoisotopic (exact) mass is 285 g/mol. The number of azo groups is 1. The Morgan fingerprint density at radius 2 is 2.00 bits per heavy atom. The molecule has 2 heterocycles. The van der Waals surface area contributed by atoms with Crippen LogP contribution in [0.1, 0.15) is 17.6 Å². The SMILES string of the molecule is CCc1nnc(N=Nc2c(C)n(C)c3ccccc23)s1. The highest BCUT2D eigenvalue weighted by Gasteiger charge is 2.11. The van der Waals surface area contributed by atoms with E-state index in [2.05, 4.69) is 44.0 Å². The minimum Gasteiger partial charge on any atom is -0.346 e. The van der Waals surface area contributed by atoms with E-state index in [1.807, 2.05) is 26.1 Å². The molecule has 3 rings (SSSR count). The fourth-order valence-corrected chi connectivity index (χ4v) is 2.75. The van der Waals surface area contributed by atoms with Gasteiger partial charge in [0.2, 0.25) is 0 Å². The molecule has 0 amide bonds. The van der Waals surface area contributed by atoms with Gasteiger partial charge in [-0.05, 0) is 19.4 Å². The molecule has 0 atom stereocenters. The summed E-state index contributed by atoms with van der Waals surface area (Å²) in [5.74, 6) is 0. The van der Waals surface area contributed by atoms with Crippen molar-refractivity contribution in [2.24, 2.45) is 17.3 Å². The van der Waals surface area contributed by atoms with Crippen LogP contribution in [0.2, 0.25) is 0 Å². The topological polar surface area (TPSA) is 55.4 Å². The van der Waals surface area contributed by atoms with Crippen molar-refractivity contribution in [3.05, 3.63) is 35.0 Å². The molecule has 0 N–H and O–H groups in total. The van der Waals surface area contributed by atoms with Crippen molar-refractivity contribution in [3.8, 4) is 0 Å². The first-order chi connectivity index (χ1) is 9.70. The van der Waals surface area contributed by atoms with Crippen LogP contribution < -0.4 is 0 Å². The second-order valence-corrected chi connectivity index (χ2v) is 5.58. The predicted molar refractivity (Wildman–Crippen MR) is 81.1 cm³/mol. The zero-order valence-corrected chi connectivity index (χ0v) is 12.5. The quantitative estimate of drug-likeness (QED) is 0.673. The van der Waals surface area contributed by atoms with Gasteiger partial charge in [0.05, 0.1) is 5.52 Å². The molecular formula is C14H15N5S. The Bertz CT molecular complexity index is 784. The van der Waals surface area contributed by atoms with E-state index in [1.54, 1.807) is 0 Å². The Morgan fingerprint density at radius 3 is 2.75 bits per heavy atom. The van der Waals surface area contributed by atoms with Crippen LogP contribution in [-0.2, 0) is 13.5 Å². The molecule has 0 spiro atoms. The number of hydrogen-bond donors (Lipinski definition) is 0. The number of aromatic nitrogens is 3. The fourth-order valence-electron chi connectivity index (χ4n) is 2.15. The highest BCUT2D eigenvalue weighted by atomic mass is 32.1. The van der Waals surface area contributed by atoms with Crippen LogP contribution in [0.25, 0.3) is 10.9 Å². The molecule has 0 saturated heterocycles. The molecule has 0 unspecified atom stereocenters. The highest BCUT2D eigenvalue weighted by Crippen LogP contribution is 2.33. The molecule has 0 aliphatic rings. The minimum absolute atomic E-state index is 0.606. The maximum absolute atomic E-state index is 4.38. The minimum atomic E-state index is 0.606. The van der Waals surface area contributed by atoms with Gasteiger partial charge in [-0.25, -0.2) is 0 Å². The molecule has 1 aromatic carbocycles. The molecular weight excluding hydrogens is 270 g/mol. The molecule has 2 aromatic heterocycles. The molecule has 0 saturated carbocycles. The summed E-state index contributed by atoms with van der Waals surface area (Å²) in [7, 11) is 2.04. The summed E-state index contributed by atoms with van der Waals surface area (Å²) in [5, 5.41) is 19.4. The van der Waals surface area contributed by atoms with Crippen LogP contribution in [0.3, 0.4) is 0 Å². The fraction of sp³-hybridized carbons (Fsp3) is 0.286. The largest absolute Gasteiger partial charge is 0.346 e. The predicted octanol–water partition coefficient (Wildman–Crippen LogP) is 4.32. The van der Waals surface area contributed by atoms with E-state index in [-0.39, 0.29) is 0 Å². The maximum Gasteiger partial charge on any atom is 0.251 e. The van der Waals surface area contributed by atoms with Gasteiger partial charge >= 0.3 is 0 Å². The third kappa shape index (κ3) is 2.12. The van der Waals surface area contributed by atoms with Gasteiger partial charge in [-0.2, -0.15) is 0 Å². The summed E-state index contributed by atoms with van der Waals surface area (Å²) in [6.07, 6.45) is 0.875. The van der Waals surface area contributed by atoms with E-state index < -0.39 is 0 Å². The van der Waals surface area contributed by atoms with Crippen molar-refractivity contribution in [2.75, 3.05) is 0 Å². The first-order valence-corrected chi connectivity index (χ1v) is 7.30. The van der Waals surface area contributed by atoms with Crippen LogP contribution in [0, 0.1) is 6.92 Å². The highest BCUT2D eigenvalue weighted by molar-refractivity contribution is 7.14. The number of aryl methyl sites for hydroxylation is 2. The number of hydrogen-bond acceptors (Lipinski definition) is 5. The van der Waals surface area contributed by atoms with Crippen LogP contribution in [0.4, 0.5) is 10.8 Å². The molecule has 20 heavy (non-hydrogen) atoms. The van der Waals surface area contributed by atoms with Gasteiger partial charge in [-0.15, -0.1) is 20.4 Å². The summed E-state index contributed by atoms with van der Waals surface area (Å²) in [4.78, 5) is 0. The number of rotatable bonds is 3. The van der Waals surface area contributed by atoms with E-state index in [9.17, 15) is 0 Å². The Morgan fingerprint density at radius 1 is 1.20 bits per heavy atom. The normalized spacial score (nSPS) is 11.8. The van der Waals surface area contributed by atoms with Gasteiger partial charge in [0.15, 0.2) is 0 Å². The van der Waals surface area contributed by atoms with Crippen LogP contribution >= 0.6 is 11.3 Å². The summed E-state index contributed by atoms with van der Waals surface area (Å²) >= 11 is 1.48. The van der Waals surface area contributed by atoms with E-state index in [4.69, 9.17) is 0 Å². The molecule has 102 valence electrons. The summed E-state index contributed by atoms with van der Waals surface area (Å²) in [5.41, 5.74) is 3.15. The molecule has 6 heteroatoms. The second kappa shape index (κ2) is 5.13. The lowest BCUT2D eigenvalue weighted by molar-refractivity contribution is 0.914. The van der Waals surface area contributed by atoms with Crippen molar-refractivity contribution in [1.82, 2.24) is 14.8 Å². The first-order valence-electron chi connectivity index (χ1n) is 6.49. The standard InChI is InChI=1S/C14H15N5S/c1-4-12-15-17-14(20-12)18-16-13-9(2)19(3)11-8-6-5-7-10(11)13/h5-8H,4H2,1-3H3. The zero-order valence-electron chi connectivity index (χ0n) is 11.7. The van der Waals surface area contributed by atoms with Gasteiger partial charge in [0, 0.05) is 18.1 Å². The smallest absolute Gasteiger partial charge is 0.251 e. The number of benzene rings is 1. The number of fused-ring (bicyclic) bond motifs is 1. The van der Waals surface area contributed by atoms with E-state index in [0.717, 1.165) is 33.7 Å². The van der Waals surface area contributed by atoms with Gasteiger partial charge in [0.1, 0.15) is 10.7 Å². The van der Waals surface area contributed by atoms with Crippen molar-refractivity contribution in [2.45, 2.75) is 20.3 Å². The molecule has 5 nitrogen and oxygen atoms in total. The average molecular weight is 285 g/mol. The first kappa shape index (κ1) is 12.9. The maximum atomic E-state index is 4.38. The van der Waals surface area contributed by atoms with E-state index >= 15 is 0 Å². The Labute approximate surface area is 121 Å². The number of para-hydroxylation sites is 1. The lowest BCUT2D eigenvalue weighted by atomic mass is 10.2. The van der Waals surface area contributed by atoms with Crippen LogP contribution in [0.5, 0.6) is 0 Å². The molecule has 3 aromatic rings. The van der Waals surface area contributed by atoms with Crippen molar-refractivity contribution in [1.29, 1.82) is 0 Å². The third-order valence-corrected chi connectivity index (χ3v) is 4.31. The second-order valence-electron chi connectivity index (χ2n) is 4.54. The lowest BCUT2D eigenvalue weighted by Crippen LogP contribution is -1.88. The van der Waals surface area contributed by atoms with E-state index in [1.165, 1.54) is 11.3 Å². The van der Waals surface area contributed by atoms with Crippen molar-refractivity contribution in [3.63, 3.8) is 0 Å². The van der Waals surface area contributed by atoms with Gasteiger partial charge in [0.25, 0.3) is 5.13 Å². The third-order valence-electron chi connectivity index (χ3n) is 3.36. The van der Waals surface area contributed by atoms with Gasteiger partial charge < -0.3 is 4.57 Å². The average Bonchev–Trinajstić information content (AvgIpc) is 3.03. The Kier molecular flexibility index (Phi) is 3.31. The summed E-state index contributed by atoms with van der Waals surface area (Å²) in [6.45, 7) is 4.10. The summed E-state index contributed by atoms with van der Waals surface area (Å²) in [6, 6.07) is 8.19. The van der Waals surface area contributed by atoms with Gasteiger partial charge in [-0.3, -0.25) is 0 Å². The zero-order chi connectivity index (χ0) is 14.1. The molecule has 0 radical (unpaired) electrons. The Balaban J connectivity index is 2.04. The van der Waals surface area contributed by atoms with Gasteiger partial charge in [-0.1, -0.05) is 36.5 Å². The molecule has 0 fully saturated rings.